The highest BCUT2D eigenvalue weighted by Crippen LogP contribution is 2.00. The van der Waals surface area contributed by atoms with Gasteiger partial charge in [-0.25, -0.2) is 0 Å². The lowest BCUT2D eigenvalue weighted by Crippen LogP contribution is -2.12. The van der Waals surface area contributed by atoms with E-state index in [0.717, 1.165) is 0 Å². The second kappa shape index (κ2) is 2.49. The summed E-state index contributed by atoms with van der Waals surface area (Å²) < 4.78 is 0. The largest absolute Gasteiger partial charge is 0.481 e. The van der Waals surface area contributed by atoms with E-state index in [2.05, 4.69) is 10.2 Å². The van der Waals surface area contributed by atoms with E-state index in [-0.39, 0.29) is 17.8 Å². The van der Waals surface area contributed by atoms with Gasteiger partial charge in [0.1, 0.15) is 5.82 Å². The highest BCUT2D eigenvalue weighted by atomic mass is 16.4. The summed E-state index contributed by atoms with van der Waals surface area (Å²) in [7, 11) is 0. The number of aromatic nitrogens is 2. The molecule has 5 N–H and O–H groups in total. The molecule has 6 nitrogen and oxygen atoms in total. The Morgan fingerprint density at radius 2 is 2.18 bits per heavy atom. The van der Waals surface area contributed by atoms with Crippen LogP contribution in [0.25, 0.3) is 0 Å². The molecule has 0 aromatic carbocycles. The Kier molecular flexibility index (Phi) is 1.67. The molecule has 0 fully saturated rings. The fourth-order valence-corrected chi connectivity index (χ4v) is 0.724. The minimum atomic E-state index is -1.08. The summed E-state index contributed by atoms with van der Waals surface area (Å²) in [5, 5.41) is 12.8. The van der Waals surface area contributed by atoms with Gasteiger partial charge in [-0.15, -0.1) is 0 Å². The summed E-state index contributed by atoms with van der Waals surface area (Å²) in [6.45, 7) is 0. The number of anilines is 1. The van der Waals surface area contributed by atoms with Gasteiger partial charge in [0.15, 0.2) is 0 Å². The van der Waals surface area contributed by atoms with Gasteiger partial charge < -0.3 is 10.8 Å². The van der Waals surface area contributed by atoms with Crippen molar-refractivity contribution in [2.75, 3.05) is 5.73 Å². The summed E-state index contributed by atoms with van der Waals surface area (Å²) in [5.41, 5.74) is 4.83. The third-order valence-electron chi connectivity index (χ3n) is 1.24. The number of nitrogens with one attached hydrogen (secondary N) is 2. The Bertz CT molecular complexity index is 324. The summed E-state index contributed by atoms with van der Waals surface area (Å²) in [6.07, 6.45) is -0.356. The Hall–Kier alpha value is -1.72. The second-order valence-electron chi connectivity index (χ2n) is 2.04. The molecule has 60 valence electrons. The summed E-state index contributed by atoms with van der Waals surface area (Å²) in [4.78, 5) is 20.9. The fourth-order valence-electron chi connectivity index (χ4n) is 0.724. The molecular weight excluding hydrogens is 150 g/mol. The molecule has 11 heavy (non-hydrogen) atoms. The Labute approximate surface area is 61.0 Å². The molecule has 0 aliphatic heterocycles. The van der Waals surface area contributed by atoms with E-state index in [9.17, 15) is 9.59 Å². The smallest absolute Gasteiger partial charge is 0.308 e. The maximum atomic E-state index is 10.7. The van der Waals surface area contributed by atoms with Crippen molar-refractivity contribution in [3.8, 4) is 0 Å². The van der Waals surface area contributed by atoms with Gasteiger partial charge in [-0.3, -0.25) is 19.8 Å². The maximum absolute atomic E-state index is 10.7. The van der Waals surface area contributed by atoms with Crippen molar-refractivity contribution in [1.82, 2.24) is 10.2 Å². The van der Waals surface area contributed by atoms with Crippen LogP contribution >= 0.6 is 0 Å². The van der Waals surface area contributed by atoms with Gasteiger partial charge in [0.2, 0.25) is 0 Å². The number of rotatable bonds is 2. The zero-order chi connectivity index (χ0) is 8.43. The van der Waals surface area contributed by atoms with Gasteiger partial charge in [-0.05, 0) is 0 Å². The van der Waals surface area contributed by atoms with Crippen molar-refractivity contribution in [2.24, 2.45) is 0 Å². The van der Waals surface area contributed by atoms with Crippen LogP contribution in [-0.2, 0) is 11.2 Å². The summed E-state index contributed by atoms with van der Waals surface area (Å²) >= 11 is 0. The molecule has 0 unspecified atom stereocenters. The van der Waals surface area contributed by atoms with Crippen LogP contribution in [0.2, 0.25) is 0 Å². The number of carboxylic acids is 1. The van der Waals surface area contributed by atoms with Gasteiger partial charge in [0.05, 0.1) is 12.0 Å². The Morgan fingerprint density at radius 3 is 2.55 bits per heavy atom. The van der Waals surface area contributed by atoms with Crippen LogP contribution < -0.4 is 11.3 Å². The van der Waals surface area contributed by atoms with Crippen LogP contribution in [-0.4, -0.2) is 21.3 Å². The van der Waals surface area contributed by atoms with Crippen molar-refractivity contribution in [1.29, 1.82) is 0 Å². The van der Waals surface area contributed by atoms with Gasteiger partial charge in [0, 0.05) is 0 Å². The minimum Gasteiger partial charge on any atom is -0.481 e. The third kappa shape index (κ3) is 1.40. The lowest BCUT2D eigenvalue weighted by Gasteiger charge is -1.89. The molecule has 0 atom stereocenters. The number of carboxylic acid groups (broad SMARTS) is 1. The van der Waals surface area contributed by atoms with Crippen LogP contribution in [0, 0.1) is 0 Å². The molecular formula is C5H7N3O3. The number of nitrogens with two attached hydrogens (primary N) is 1. The van der Waals surface area contributed by atoms with Crippen molar-refractivity contribution < 1.29 is 9.90 Å². The molecule has 1 heterocycles. The lowest BCUT2D eigenvalue weighted by atomic mass is 10.2. The van der Waals surface area contributed by atoms with Gasteiger partial charge in [-0.2, -0.15) is 0 Å². The van der Waals surface area contributed by atoms with Crippen molar-refractivity contribution in [2.45, 2.75) is 6.42 Å². The van der Waals surface area contributed by atoms with E-state index < -0.39 is 11.5 Å². The van der Waals surface area contributed by atoms with Gasteiger partial charge >= 0.3 is 5.97 Å². The number of hydrogen-bond donors (Lipinski definition) is 4. The topological polar surface area (TPSA) is 112 Å². The van der Waals surface area contributed by atoms with E-state index in [1.54, 1.807) is 0 Å². The molecule has 0 saturated carbocycles. The first-order valence-electron chi connectivity index (χ1n) is 2.88. The highest BCUT2D eigenvalue weighted by molar-refractivity contribution is 5.71. The first-order chi connectivity index (χ1) is 5.11. The van der Waals surface area contributed by atoms with E-state index in [0.29, 0.717) is 0 Å². The zero-order valence-corrected chi connectivity index (χ0v) is 5.55. The van der Waals surface area contributed by atoms with Crippen LogP contribution in [0.15, 0.2) is 4.79 Å². The Balaban J connectivity index is 3.01. The Morgan fingerprint density at radius 1 is 1.55 bits per heavy atom. The average molecular weight is 157 g/mol. The van der Waals surface area contributed by atoms with Crippen molar-refractivity contribution >= 4 is 11.8 Å². The highest BCUT2D eigenvalue weighted by Gasteiger charge is 2.09. The minimum absolute atomic E-state index is 0.0671. The van der Waals surface area contributed by atoms with Gasteiger partial charge in [-0.1, -0.05) is 0 Å². The van der Waals surface area contributed by atoms with Crippen LogP contribution in [0.4, 0.5) is 5.82 Å². The second-order valence-corrected chi connectivity index (χ2v) is 2.04. The number of carbonyl (C=O) groups is 1. The van der Waals surface area contributed by atoms with Crippen LogP contribution in [0.1, 0.15) is 5.56 Å². The third-order valence-corrected chi connectivity index (χ3v) is 1.24. The molecule has 6 heteroatoms. The summed E-state index contributed by atoms with van der Waals surface area (Å²) in [6, 6.07) is 0. The number of hydrogen-bond acceptors (Lipinski definition) is 3. The predicted molar refractivity (Wildman–Crippen MR) is 37.2 cm³/mol. The molecule has 0 bridgehead atoms. The molecule has 1 aromatic rings. The first kappa shape index (κ1) is 7.39. The van der Waals surface area contributed by atoms with E-state index in [1.165, 1.54) is 0 Å². The molecule has 0 aliphatic carbocycles. The van der Waals surface area contributed by atoms with E-state index >= 15 is 0 Å². The van der Waals surface area contributed by atoms with Gasteiger partial charge in [0.25, 0.3) is 5.56 Å². The lowest BCUT2D eigenvalue weighted by molar-refractivity contribution is -0.136. The average Bonchev–Trinajstić information content (AvgIpc) is 2.18. The van der Waals surface area contributed by atoms with Crippen LogP contribution in [0.3, 0.4) is 0 Å². The van der Waals surface area contributed by atoms with Crippen molar-refractivity contribution in [3.05, 3.63) is 15.9 Å². The maximum Gasteiger partial charge on any atom is 0.308 e. The zero-order valence-electron chi connectivity index (χ0n) is 5.55. The summed E-state index contributed by atoms with van der Waals surface area (Å²) in [5.74, 6) is -1.00. The van der Waals surface area contributed by atoms with Crippen molar-refractivity contribution in [3.63, 3.8) is 0 Å². The normalized spacial score (nSPS) is 9.82. The predicted octanol–water partition coefficient (Wildman–Crippen LogP) is -1.09. The van der Waals surface area contributed by atoms with E-state index in [4.69, 9.17) is 10.8 Å². The molecule has 1 rings (SSSR count). The quantitative estimate of drug-likeness (QED) is 0.437. The standard InChI is InChI=1S/C5H7N3O3/c6-4-2(1-3(9)10)5(11)8-7-4/h1H2,(H,9,10)(H4,6,7,8,11). The molecule has 0 amide bonds. The molecule has 1 aromatic heterocycles. The number of aliphatic carboxylic acids is 1. The molecule has 0 spiro atoms. The monoisotopic (exact) mass is 157 g/mol. The number of H-pyrrole nitrogens is 2. The molecule has 0 radical (unpaired) electrons. The number of aromatic amines is 2. The molecule has 0 saturated heterocycles. The van der Waals surface area contributed by atoms with Crippen LogP contribution in [0.5, 0.6) is 0 Å². The molecule has 0 aliphatic rings. The number of nitrogen functional groups attached to an aromatic ring is 1. The fraction of sp³-hybridized carbons (Fsp3) is 0.200. The SMILES string of the molecule is Nc1[nH][nH]c(=O)c1CC(=O)O. The first-order valence-corrected chi connectivity index (χ1v) is 2.88. The van der Waals surface area contributed by atoms with E-state index in [1.807, 2.05) is 0 Å².